The minimum Gasteiger partial charge on any atom is -0.465 e. The number of carbonyl (C=O) groups is 2. The minimum atomic E-state index is -0.579. The van der Waals surface area contributed by atoms with Gasteiger partial charge in [-0.2, -0.15) is 5.10 Å². The van der Waals surface area contributed by atoms with E-state index in [4.69, 9.17) is 15.2 Å². The summed E-state index contributed by atoms with van der Waals surface area (Å²) in [6.07, 6.45) is 3.18. The number of nitrogen functional groups attached to an aromatic ring is 1. The number of anilines is 2. The SMILES string of the molecule is CCOC(=O)Cn1nc(NC2CCC2)c(C(=O)OC)c1N. The summed E-state index contributed by atoms with van der Waals surface area (Å²) in [5.74, 6) is -0.590. The number of aromatic nitrogens is 2. The van der Waals surface area contributed by atoms with Crippen molar-refractivity contribution in [2.24, 2.45) is 0 Å². The van der Waals surface area contributed by atoms with Crippen LogP contribution in [0.4, 0.5) is 11.6 Å². The summed E-state index contributed by atoms with van der Waals surface area (Å²) in [5.41, 5.74) is 6.07. The first kappa shape index (κ1) is 15.1. The molecule has 2 rings (SSSR count). The molecular formula is C13H20N4O4. The lowest BCUT2D eigenvalue weighted by Crippen LogP contribution is -2.28. The lowest BCUT2D eigenvalue weighted by Gasteiger charge is -2.26. The second-order valence-electron chi connectivity index (χ2n) is 4.84. The predicted molar refractivity (Wildman–Crippen MR) is 75.9 cm³/mol. The first-order valence-electron chi connectivity index (χ1n) is 6.93. The third-order valence-electron chi connectivity index (χ3n) is 3.41. The molecule has 0 atom stereocenters. The van der Waals surface area contributed by atoms with Crippen molar-refractivity contribution in [2.45, 2.75) is 38.8 Å². The fraction of sp³-hybridized carbons (Fsp3) is 0.615. The van der Waals surface area contributed by atoms with E-state index < -0.39 is 11.9 Å². The van der Waals surface area contributed by atoms with Crippen LogP contribution in [0.1, 0.15) is 36.5 Å². The number of ether oxygens (including phenoxy) is 2. The van der Waals surface area contributed by atoms with E-state index in [1.807, 2.05) is 0 Å². The molecule has 8 nitrogen and oxygen atoms in total. The predicted octanol–water partition coefficient (Wildman–Crippen LogP) is 0.779. The molecule has 1 heterocycles. The maximum atomic E-state index is 11.9. The summed E-state index contributed by atoms with van der Waals surface area (Å²) in [4.78, 5) is 23.4. The highest BCUT2D eigenvalue weighted by atomic mass is 16.5. The second-order valence-corrected chi connectivity index (χ2v) is 4.84. The average Bonchev–Trinajstić information content (AvgIpc) is 2.70. The van der Waals surface area contributed by atoms with E-state index in [1.165, 1.54) is 11.8 Å². The van der Waals surface area contributed by atoms with Gasteiger partial charge in [-0.15, -0.1) is 0 Å². The fourth-order valence-electron chi connectivity index (χ4n) is 2.07. The van der Waals surface area contributed by atoms with Crippen molar-refractivity contribution >= 4 is 23.6 Å². The van der Waals surface area contributed by atoms with Crippen LogP contribution in [0, 0.1) is 0 Å². The zero-order valence-corrected chi connectivity index (χ0v) is 12.2. The molecule has 1 saturated carbocycles. The Kier molecular flexibility index (Phi) is 4.66. The summed E-state index contributed by atoms with van der Waals surface area (Å²) in [6, 6.07) is 0.277. The maximum Gasteiger partial charge on any atom is 0.345 e. The van der Waals surface area contributed by atoms with Crippen LogP contribution in [-0.2, 0) is 20.8 Å². The van der Waals surface area contributed by atoms with Gasteiger partial charge in [-0.25, -0.2) is 9.48 Å². The van der Waals surface area contributed by atoms with Gasteiger partial charge in [-0.05, 0) is 26.2 Å². The van der Waals surface area contributed by atoms with Gasteiger partial charge in [-0.1, -0.05) is 0 Å². The molecule has 1 fully saturated rings. The van der Waals surface area contributed by atoms with E-state index in [0.29, 0.717) is 5.82 Å². The highest BCUT2D eigenvalue weighted by Crippen LogP contribution is 2.28. The lowest BCUT2D eigenvalue weighted by molar-refractivity contribution is -0.144. The van der Waals surface area contributed by atoms with Crippen LogP contribution in [-0.4, -0.2) is 41.5 Å². The number of esters is 2. The maximum absolute atomic E-state index is 11.9. The van der Waals surface area contributed by atoms with Gasteiger partial charge in [0.05, 0.1) is 13.7 Å². The van der Waals surface area contributed by atoms with Gasteiger partial charge in [0.2, 0.25) is 0 Å². The number of carbonyl (C=O) groups excluding carboxylic acids is 2. The summed E-state index contributed by atoms with van der Waals surface area (Å²) in [7, 11) is 1.28. The molecule has 0 amide bonds. The number of rotatable bonds is 6. The second kappa shape index (κ2) is 6.47. The van der Waals surface area contributed by atoms with Crippen molar-refractivity contribution in [1.82, 2.24) is 9.78 Å². The van der Waals surface area contributed by atoms with Crippen molar-refractivity contribution in [3.8, 4) is 0 Å². The van der Waals surface area contributed by atoms with Crippen LogP contribution in [0.2, 0.25) is 0 Å². The summed E-state index contributed by atoms with van der Waals surface area (Å²) >= 11 is 0. The first-order chi connectivity index (χ1) is 10.1. The molecule has 0 aromatic carbocycles. The molecule has 1 aromatic rings. The standard InChI is InChI=1S/C13H20N4O4/c1-3-21-9(18)7-17-11(14)10(13(19)20-2)12(16-17)15-8-5-4-6-8/h8H,3-7,14H2,1-2H3,(H,15,16). The van der Waals surface area contributed by atoms with Crippen LogP contribution in [0.15, 0.2) is 0 Å². The van der Waals surface area contributed by atoms with Crippen molar-refractivity contribution in [2.75, 3.05) is 24.8 Å². The van der Waals surface area contributed by atoms with E-state index in [9.17, 15) is 9.59 Å². The van der Waals surface area contributed by atoms with Crippen molar-refractivity contribution in [3.63, 3.8) is 0 Å². The Morgan fingerprint density at radius 3 is 2.71 bits per heavy atom. The zero-order valence-electron chi connectivity index (χ0n) is 12.2. The summed E-state index contributed by atoms with van der Waals surface area (Å²) < 4.78 is 10.8. The molecule has 0 saturated heterocycles. The number of hydrogen-bond donors (Lipinski definition) is 2. The van der Waals surface area contributed by atoms with Crippen LogP contribution in [0.25, 0.3) is 0 Å². The van der Waals surface area contributed by atoms with Crippen molar-refractivity contribution < 1.29 is 19.1 Å². The number of nitrogens with zero attached hydrogens (tertiary/aromatic N) is 2. The average molecular weight is 296 g/mol. The van der Waals surface area contributed by atoms with E-state index in [0.717, 1.165) is 19.3 Å². The highest BCUT2D eigenvalue weighted by Gasteiger charge is 2.27. The molecule has 0 radical (unpaired) electrons. The monoisotopic (exact) mass is 296 g/mol. The number of nitrogens with two attached hydrogens (primary N) is 1. The molecule has 1 aliphatic rings. The normalized spacial score (nSPS) is 14.4. The van der Waals surface area contributed by atoms with Gasteiger partial charge in [0, 0.05) is 6.04 Å². The number of hydrogen-bond acceptors (Lipinski definition) is 7. The van der Waals surface area contributed by atoms with Crippen molar-refractivity contribution in [1.29, 1.82) is 0 Å². The molecule has 0 unspecified atom stereocenters. The zero-order chi connectivity index (χ0) is 15.4. The molecule has 1 aromatic heterocycles. The van der Waals surface area contributed by atoms with Gasteiger partial charge < -0.3 is 20.5 Å². The molecule has 8 heteroatoms. The number of methoxy groups -OCH3 is 1. The highest BCUT2D eigenvalue weighted by molar-refractivity contribution is 5.99. The van der Waals surface area contributed by atoms with E-state index in [1.54, 1.807) is 6.92 Å². The van der Waals surface area contributed by atoms with E-state index in [-0.39, 0.29) is 30.6 Å². The van der Waals surface area contributed by atoms with Gasteiger partial charge in [0.1, 0.15) is 17.9 Å². The third-order valence-corrected chi connectivity index (χ3v) is 3.41. The van der Waals surface area contributed by atoms with E-state index in [2.05, 4.69) is 10.4 Å². The molecule has 0 spiro atoms. The minimum absolute atomic E-state index is 0.0942. The first-order valence-corrected chi connectivity index (χ1v) is 6.93. The van der Waals surface area contributed by atoms with Crippen LogP contribution >= 0.6 is 0 Å². The quantitative estimate of drug-likeness (QED) is 0.747. The molecule has 0 aliphatic heterocycles. The Labute approximate surface area is 122 Å². The summed E-state index contributed by atoms with van der Waals surface area (Å²) in [5, 5.41) is 7.37. The molecular weight excluding hydrogens is 276 g/mol. The smallest absolute Gasteiger partial charge is 0.345 e. The molecule has 0 bridgehead atoms. The van der Waals surface area contributed by atoms with Gasteiger partial charge >= 0.3 is 11.9 Å². The summed E-state index contributed by atoms with van der Waals surface area (Å²) in [6.45, 7) is 1.85. The fourth-order valence-corrected chi connectivity index (χ4v) is 2.07. The topological polar surface area (TPSA) is 108 Å². The Morgan fingerprint density at radius 2 is 2.19 bits per heavy atom. The van der Waals surface area contributed by atoms with Crippen LogP contribution in [0.3, 0.4) is 0 Å². The van der Waals surface area contributed by atoms with Crippen LogP contribution < -0.4 is 11.1 Å². The Morgan fingerprint density at radius 1 is 1.48 bits per heavy atom. The van der Waals surface area contributed by atoms with Gasteiger partial charge in [0.15, 0.2) is 5.82 Å². The Bertz CT molecular complexity index is 537. The molecule has 1 aliphatic carbocycles. The molecule has 3 N–H and O–H groups in total. The number of nitrogens with one attached hydrogen (secondary N) is 1. The largest absolute Gasteiger partial charge is 0.465 e. The molecule has 116 valence electrons. The van der Waals surface area contributed by atoms with Crippen molar-refractivity contribution in [3.05, 3.63) is 5.56 Å². The van der Waals surface area contributed by atoms with E-state index >= 15 is 0 Å². The van der Waals surface area contributed by atoms with Gasteiger partial charge in [0.25, 0.3) is 0 Å². The van der Waals surface area contributed by atoms with Crippen LogP contribution in [0.5, 0.6) is 0 Å². The Hall–Kier alpha value is -2.25. The Balaban J connectivity index is 2.24. The molecule has 21 heavy (non-hydrogen) atoms. The third kappa shape index (κ3) is 3.26. The lowest BCUT2D eigenvalue weighted by atomic mass is 9.93. The van der Waals surface area contributed by atoms with Gasteiger partial charge in [-0.3, -0.25) is 4.79 Å².